The normalized spacial score (nSPS) is 26.4. The Labute approximate surface area is 226 Å². The number of fused-ring (bicyclic) bond motifs is 1. The largest absolute Gasteiger partial charge is 0.363 e. The highest BCUT2D eigenvalue weighted by Gasteiger charge is 2.70. The summed E-state index contributed by atoms with van der Waals surface area (Å²) in [5, 5.41) is 8.54. The average molecular weight is 534 g/mol. The van der Waals surface area contributed by atoms with E-state index >= 15 is 0 Å². The second-order valence-corrected chi connectivity index (χ2v) is 13.7. The van der Waals surface area contributed by atoms with Crippen molar-refractivity contribution in [1.82, 2.24) is 20.9 Å². The third-order valence-corrected chi connectivity index (χ3v) is 9.18. The fraction of sp³-hybridized carbons (Fsp3) is 0.821. The molecule has 3 fully saturated rings. The number of nitrogens with zero attached hydrogens (tertiary/aromatic N) is 1. The summed E-state index contributed by atoms with van der Waals surface area (Å²) in [6.45, 7) is 16.1. The molecule has 0 bridgehead atoms. The van der Waals surface area contributed by atoms with Gasteiger partial charge in [-0.2, -0.15) is 0 Å². The van der Waals surface area contributed by atoms with Crippen molar-refractivity contribution in [3.8, 4) is 0 Å². The molecule has 5 amide bonds. The first-order chi connectivity index (χ1) is 17.5. The van der Waals surface area contributed by atoms with Crippen molar-refractivity contribution in [1.29, 1.82) is 0 Å². The molecule has 0 aromatic rings. The first-order valence-electron chi connectivity index (χ1n) is 14.0. The summed E-state index contributed by atoms with van der Waals surface area (Å²) in [7, 11) is 0. The van der Waals surface area contributed by atoms with Crippen LogP contribution in [0.5, 0.6) is 0 Å². The van der Waals surface area contributed by atoms with E-state index in [1.165, 1.54) is 0 Å². The van der Waals surface area contributed by atoms with E-state index in [1.54, 1.807) is 4.90 Å². The number of hydrogen-bond donors (Lipinski definition) is 4. The van der Waals surface area contributed by atoms with Gasteiger partial charge in [0.25, 0.3) is 5.91 Å². The van der Waals surface area contributed by atoms with Gasteiger partial charge >= 0.3 is 6.03 Å². The minimum absolute atomic E-state index is 0.0742. The number of rotatable bonds is 10. The van der Waals surface area contributed by atoms with E-state index in [4.69, 9.17) is 5.73 Å². The van der Waals surface area contributed by atoms with Crippen LogP contribution in [0.4, 0.5) is 4.79 Å². The lowest BCUT2D eigenvalue weighted by Crippen LogP contribution is -2.61. The molecule has 2 saturated carbocycles. The van der Waals surface area contributed by atoms with Crippen LogP contribution >= 0.6 is 0 Å². The van der Waals surface area contributed by atoms with Gasteiger partial charge in [0.2, 0.25) is 17.6 Å². The van der Waals surface area contributed by atoms with Crippen LogP contribution in [0.1, 0.15) is 81.1 Å². The molecule has 0 aromatic heterocycles. The number of carbonyl (C=O) groups excluding carboxylic acids is 5. The maximum atomic E-state index is 14.0. The van der Waals surface area contributed by atoms with Gasteiger partial charge in [-0.3, -0.25) is 19.2 Å². The third-order valence-electron chi connectivity index (χ3n) is 9.18. The zero-order chi connectivity index (χ0) is 28.7. The van der Waals surface area contributed by atoms with Crippen LogP contribution < -0.4 is 21.7 Å². The van der Waals surface area contributed by atoms with E-state index in [2.05, 4.69) is 29.8 Å². The first kappa shape index (κ1) is 29.9. The molecule has 0 radical (unpaired) electrons. The van der Waals surface area contributed by atoms with Crippen LogP contribution in [0, 0.1) is 34.5 Å². The fourth-order valence-corrected chi connectivity index (χ4v) is 5.90. The van der Waals surface area contributed by atoms with E-state index in [-0.39, 0.29) is 41.0 Å². The standard InChI is InChI=1S/C28H47N5O5/c1-14(2)15(3)30-26(38)32-22(27(4,5)6)25(37)33-13-17-19(28(17,7)8)20(33)24(36)31-18(21(34)23(29)35)12-16-10-9-11-16/h14-20,22H,9-13H2,1-8H3,(H2,29,35)(H,31,36)(H2,30,32,38)/t15-,17?,18?,19?,20+,22-/m1/s1. The molecule has 2 aliphatic carbocycles. The van der Waals surface area contributed by atoms with Gasteiger partial charge in [0.05, 0.1) is 6.04 Å². The lowest BCUT2D eigenvalue weighted by atomic mass is 9.80. The molecule has 10 nitrogen and oxygen atoms in total. The predicted octanol–water partition coefficient (Wildman–Crippen LogP) is 1.96. The monoisotopic (exact) mass is 533 g/mol. The Balaban J connectivity index is 1.82. The van der Waals surface area contributed by atoms with Crippen molar-refractivity contribution in [2.45, 2.75) is 105 Å². The summed E-state index contributed by atoms with van der Waals surface area (Å²) in [6, 6.07) is -3.17. The first-order valence-corrected chi connectivity index (χ1v) is 14.0. The Bertz CT molecular complexity index is 967. The van der Waals surface area contributed by atoms with Gasteiger partial charge in [0.1, 0.15) is 12.1 Å². The molecular formula is C28H47N5O5. The van der Waals surface area contributed by atoms with E-state index < -0.39 is 47.2 Å². The van der Waals surface area contributed by atoms with Gasteiger partial charge < -0.3 is 26.6 Å². The van der Waals surface area contributed by atoms with Crippen molar-refractivity contribution >= 4 is 29.5 Å². The van der Waals surface area contributed by atoms with E-state index in [9.17, 15) is 24.0 Å². The van der Waals surface area contributed by atoms with Gasteiger partial charge in [0.15, 0.2) is 0 Å². The van der Waals surface area contributed by atoms with Crippen molar-refractivity contribution < 1.29 is 24.0 Å². The van der Waals surface area contributed by atoms with Crippen molar-refractivity contribution in [3.05, 3.63) is 0 Å². The highest BCUT2D eigenvalue weighted by molar-refractivity contribution is 6.37. The summed E-state index contributed by atoms with van der Waals surface area (Å²) in [5.41, 5.74) is 4.54. The van der Waals surface area contributed by atoms with Crippen molar-refractivity contribution in [2.75, 3.05) is 6.54 Å². The maximum absolute atomic E-state index is 14.0. The second-order valence-electron chi connectivity index (χ2n) is 13.7. The topological polar surface area (TPSA) is 151 Å². The fourth-order valence-electron chi connectivity index (χ4n) is 5.90. The Kier molecular flexibility index (Phi) is 8.53. The number of nitrogens with two attached hydrogens (primary N) is 1. The molecule has 38 heavy (non-hydrogen) atoms. The maximum Gasteiger partial charge on any atom is 0.315 e. The smallest absolute Gasteiger partial charge is 0.315 e. The number of amides is 5. The quantitative estimate of drug-likeness (QED) is 0.317. The summed E-state index contributed by atoms with van der Waals surface area (Å²) < 4.78 is 0. The predicted molar refractivity (Wildman–Crippen MR) is 144 cm³/mol. The second kappa shape index (κ2) is 10.8. The Morgan fingerprint density at radius 1 is 1.00 bits per heavy atom. The zero-order valence-electron chi connectivity index (χ0n) is 24.2. The number of piperidine rings is 1. The molecular weight excluding hydrogens is 486 g/mol. The molecule has 5 N–H and O–H groups in total. The highest BCUT2D eigenvalue weighted by Crippen LogP contribution is 2.65. The van der Waals surface area contributed by atoms with Gasteiger partial charge in [-0.1, -0.05) is 67.7 Å². The number of nitrogens with one attached hydrogen (secondary N) is 3. The summed E-state index contributed by atoms with van der Waals surface area (Å²) in [4.78, 5) is 66.3. The molecule has 0 spiro atoms. The number of carbonyl (C=O) groups is 5. The van der Waals surface area contributed by atoms with Crippen LogP contribution in [0.2, 0.25) is 0 Å². The number of Topliss-reactive ketones (excluding diaryl/α,β-unsaturated/α-hetero) is 1. The lowest BCUT2D eigenvalue weighted by Gasteiger charge is -2.38. The minimum atomic E-state index is -1.07. The Morgan fingerprint density at radius 3 is 2.08 bits per heavy atom. The molecule has 1 aliphatic heterocycles. The van der Waals surface area contributed by atoms with E-state index in [0.29, 0.717) is 13.0 Å². The van der Waals surface area contributed by atoms with Crippen molar-refractivity contribution in [3.63, 3.8) is 0 Å². The molecule has 6 atom stereocenters. The molecule has 10 heteroatoms. The van der Waals surface area contributed by atoms with Crippen LogP contribution in [0.25, 0.3) is 0 Å². The van der Waals surface area contributed by atoms with Crippen LogP contribution in [0.15, 0.2) is 0 Å². The molecule has 3 aliphatic rings. The van der Waals surface area contributed by atoms with Gasteiger partial charge in [-0.05, 0) is 47.8 Å². The summed E-state index contributed by atoms with van der Waals surface area (Å²) >= 11 is 0. The summed E-state index contributed by atoms with van der Waals surface area (Å²) in [6.07, 6.45) is 3.32. The zero-order valence-corrected chi connectivity index (χ0v) is 24.2. The van der Waals surface area contributed by atoms with Crippen LogP contribution in [0.3, 0.4) is 0 Å². The number of primary amides is 1. The lowest BCUT2D eigenvalue weighted by molar-refractivity contribution is -0.145. The number of ketones is 1. The molecule has 1 saturated heterocycles. The Hall–Kier alpha value is -2.65. The third kappa shape index (κ3) is 6.15. The van der Waals surface area contributed by atoms with Crippen molar-refractivity contribution in [2.24, 2.45) is 40.2 Å². The molecule has 3 unspecified atom stereocenters. The highest BCUT2D eigenvalue weighted by atomic mass is 16.2. The van der Waals surface area contributed by atoms with Gasteiger partial charge in [-0.15, -0.1) is 0 Å². The number of urea groups is 1. The number of likely N-dealkylation sites (tertiary alicyclic amines) is 1. The Morgan fingerprint density at radius 2 is 1.61 bits per heavy atom. The van der Waals surface area contributed by atoms with Gasteiger partial charge in [0, 0.05) is 12.6 Å². The summed E-state index contributed by atoms with van der Waals surface area (Å²) in [5.74, 6) is -2.11. The molecule has 0 aromatic carbocycles. The van der Waals surface area contributed by atoms with Crippen LogP contribution in [-0.2, 0) is 19.2 Å². The average Bonchev–Trinajstić information content (AvgIpc) is 3.10. The SMILES string of the molecule is CC(C)[C@@H](C)NC(=O)N[C@H](C(=O)N1CC2C([C@H]1C(=O)NC(CC1CCC1)C(=O)C(N)=O)C2(C)C)C(C)(C)C. The molecule has 1 heterocycles. The minimum Gasteiger partial charge on any atom is -0.363 e. The number of hydrogen-bond acceptors (Lipinski definition) is 5. The molecule has 3 rings (SSSR count). The molecule has 214 valence electrons. The van der Waals surface area contributed by atoms with Crippen LogP contribution in [-0.4, -0.2) is 65.1 Å². The van der Waals surface area contributed by atoms with Gasteiger partial charge in [-0.25, -0.2) is 4.79 Å². The van der Waals surface area contributed by atoms with E-state index in [0.717, 1.165) is 19.3 Å². The van der Waals surface area contributed by atoms with E-state index in [1.807, 2.05) is 41.5 Å².